The third-order valence-corrected chi connectivity index (χ3v) is 1.69. The number of aromatic nitrogens is 1. The van der Waals surface area contributed by atoms with E-state index in [0.29, 0.717) is 0 Å². The minimum absolute atomic E-state index is 1.07. The summed E-state index contributed by atoms with van der Waals surface area (Å²) < 4.78 is 2.03. The van der Waals surface area contributed by atoms with Gasteiger partial charge in [-0.05, 0) is 6.07 Å². The lowest BCUT2D eigenvalue weighted by molar-refractivity contribution is -0.596. The molecule has 0 atom stereocenters. The predicted octanol–water partition coefficient (Wildman–Crippen LogP) is 1.76. The maximum Gasteiger partial charge on any atom is 0.218 e. The molecule has 0 bridgehead atoms. The molecule has 1 nitrogen and oxygen atoms in total. The highest BCUT2D eigenvalue weighted by atomic mass is 14.9. The molecule has 0 saturated carbocycles. The summed E-state index contributed by atoms with van der Waals surface area (Å²) in [4.78, 5) is 0. The van der Waals surface area contributed by atoms with E-state index in [1.54, 1.807) is 0 Å². The number of para-hydroxylation sites is 1. The lowest BCUT2D eigenvalue weighted by Gasteiger charge is -1.91. The SMILES string of the molecule is [c]1ccccc1-[n+]1ccccc1. The van der Waals surface area contributed by atoms with Gasteiger partial charge >= 0.3 is 0 Å². The molecule has 0 amide bonds. The highest BCUT2D eigenvalue weighted by Gasteiger charge is 2.00. The average Bonchev–Trinajstić information content (AvgIpc) is 2.21. The zero-order chi connectivity index (χ0) is 8.23. The van der Waals surface area contributed by atoms with Crippen molar-refractivity contribution in [1.82, 2.24) is 0 Å². The zero-order valence-electron chi connectivity index (χ0n) is 6.64. The van der Waals surface area contributed by atoms with E-state index in [4.69, 9.17) is 0 Å². The van der Waals surface area contributed by atoms with Crippen LogP contribution >= 0.6 is 0 Å². The number of pyridine rings is 1. The average molecular weight is 155 g/mol. The summed E-state index contributed by atoms with van der Waals surface area (Å²) in [6.07, 6.45) is 4.01. The highest BCUT2D eigenvalue weighted by Crippen LogP contribution is 1.95. The van der Waals surface area contributed by atoms with Gasteiger partial charge in [-0.3, -0.25) is 0 Å². The van der Waals surface area contributed by atoms with Gasteiger partial charge in [-0.25, -0.2) is 0 Å². The largest absolute Gasteiger partial charge is 0.218 e. The molecule has 0 unspecified atom stereocenters. The van der Waals surface area contributed by atoms with Gasteiger partial charge in [0, 0.05) is 18.2 Å². The van der Waals surface area contributed by atoms with Crippen molar-refractivity contribution in [3.8, 4) is 5.69 Å². The van der Waals surface area contributed by atoms with E-state index in [1.165, 1.54) is 0 Å². The van der Waals surface area contributed by atoms with E-state index in [2.05, 4.69) is 6.07 Å². The molecule has 1 heteroatoms. The highest BCUT2D eigenvalue weighted by molar-refractivity contribution is 5.19. The lowest BCUT2D eigenvalue weighted by Crippen LogP contribution is -2.28. The van der Waals surface area contributed by atoms with Crippen LogP contribution in [0.2, 0.25) is 0 Å². The smallest absolute Gasteiger partial charge is 0.167 e. The van der Waals surface area contributed by atoms with Crippen LogP contribution in [0.4, 0.5) is 0 Å². The summed E-state index contributed by atoms with van der Waals surface area (Å²) in [5.74, 6) is 0. The molecule has 0 saturated heterocycles. The fraction of sp³-hybridized carbons (Fsp3) is 0. The molecule has 0 spiro atoms. The monoisotopic (exact) mass is 155 g/mol. The Bertz CT molecular complexity index is 302. The predicted molar refractivity (Wildman–Crippen MR) is 46.8 cm³/mol. The normalized spacial score (nSPS) is 9.67. The van der Waals surface area contributed by atoms with Crippen LogP contribution in [0.3, 0.4) is 0 Å². The van der Waals surface area contributed by atoms with Crippen LogP contribution in [0.25, 0.3) is 5.69 Å². The van der Waals surface area contributed by atoms with Crippen molar-refractivity contribution in [2.75, 3.05) is 0 Å². The Hall–Kier alpha value is -1.63. The van der Waals surface area contributed by atoms with Crippen molar-refractivity contribution in [3.63, 3.8) is 0 Å². The topological polar surface area (TPSA) is 3.88 Å². The summed E-state index contributed by atoms with van der Waals surface area (Å²) >= 11 is 0. The van der Waals surface area contributed by atoms with Crippen LogP contribution in [0.15, 0.2) is 54.9 Å². The molecule has 1 heterocycles. The van der Waals surface area contributed by atoms with Crippen LogP contribution in [0, 0.1) is 6.07 Å². The maximum atomic E-state index is 3.15. The van der Waals surface area contributed by atoms with Crippen LogP contribution < -0.4 is 4.57 Å². The summed E-state index contributed by atoms with van der Waals surface area (Å²) in [6, 6.07) is 17.1. The Labute approximate surface area is 71.9 Å². The summed E-state index contributed by atoms with van der Waals surface area (Å²) in [5.41, 5.74) is 1.07. The quantitative estimate of drug-likeness (QED) is 0.552. The molecule has 0 aliphatic rings. The summed E-state index contributed by atoms with van der Waals surface area (Å²) in [5, 5.41) is 0. The first-order valence-electron chi connectivity index (χ1n) is 3.90. The summed E-state index contributed by atoms with van der Waals surface area (Å²) in [6.45, 7) is 0. The molecule has 1 aromatic carbocycles. The first-order valence-corrected chi connectivity index (χ1v) is 3.90. The molecule has 12 heavy (non-hydrogen) atoms. The van der Waals surface area contributed by atoms with Crippen LogP contribution in [0.5, 0.6) is 0 Å². The van der Waals surface area contributed by atoms with Gasteiger partial charge in [-0.2, -0.15) is 4.57 Å². The Morgan fingerprint density at radius 2 is 1.75 bits per heavy atom. The van der Waals surface area contributed by atoms with Gasteiger partial charge in [0.25, 0.3) is 0 Å². The number of rotatable bonds is 1. The van der Waals surface area contributed by atoms with Crippen molar-refractivity contribution >= 4 is 0 Å². The van der Waals surface area contributed by atoms with E-state index in [0.717, 1.165) is 5.69 Å². The number of benzene rings is 1. The standard InChI is InChI=1S/C11H9N/c1-3-7-11(8-4-1)12-9-5-2-6-10-12/h1-7,9-10H/q+1. The molecule has 1 radical (unpaired) electrons. The van der Waals surface area contributed by atoms with Gasteiger partial charge in [0.1, 0.15) is 0 Å². The van der Waals surface area contributed by atoms with Gasteiger partial charge in [0.15, 0.2) is 12.4 Å². The Kier molecular flexibility index (Phi) is 1.87. The van der Waals surface area contributed by atoms with Crippen molar-refractivity contribution in [2.45, 2.75) is 0 Å². The van der Waals surface area contributed by atoms with Crippen molar-refractivity contribution in [1.29, 1.82) is 0 Å². The number of hydrogen-bond acceptors (Lipinski definition) is 0. The zero-order valence-corrected chi connectivity index (χ0v) is 6.64. The second-order valence-electron chi connectivity index (χ2n) is 2.53. The number of nitrogens with zero attached hydrogens (tertiary/aromatic N) is 1. The molecule has 0 N–H and O–H groups in total. The molecular formula is C11H9N+. The minimum atomic E-state index is 1.07. The van der Waals surface area contributed by atoms with Gasteiger partial charge in [0.05, 0.1) is 6.07 Å². The molecule has 2 rings (SSSR count). The third-order valence-electron chi connectivity index (χ3n) is 1.69. The summed E-state index contributed by atoms with van der Waals surface area (Å²) in [7, 11) is 0. The van der Waals surface area contributed by atoms with E-state index < -0.39 is 0 Å². The van der Waals surface area contributed by atoms with Crippen LogP contribution in [0.1, 0.15) is 0 Å². The molecule has 0 aliphatic carbocycles. The van der Waals surface area contributed by atoms with Gasteiger partial charge < -0.3 is 0 Å². The lowest BCUT2D eigenvalue weighted by atomic mass is 10.3. The Morgan fingerprint density at radius 3 is 2.42 bits per heavy atom. The molecular weight excluding hydrogens is 146 g/mol. The van der Waals surface area contributed by atoms with E-state index in [-0.39, 0.29) is 0 Å². The van der Waals surface area contributed by atoms with Crippen molar-refractivity contribution < 1.29 is 4.57 Å². The first-order chi connectivity index (χ1) is 5.97. The molecule has 57 valence electrons. The first kappa shape index (κ1) is 7.04. The second-order valence-corrected chi connectivity index (χ2v) is 2.53. The van der Waals surface area contributed by atoms with Crippen LogP contribution in [-0.4, -0.2) is 0 Å². The van der Waals surface area contributed by atoms with Crippen LogP contribution in [-0.2, 0) is 0 Å². The van der Waals surface area contributed by atoms with E-state index in [9.17, 15) is 0 Å². The van der Waals surface area contributed by atoms with Gasteiger partial charge in [-0.1, -0.05) is 18.2 Å². The molecule has 2 aromatic rings. The molecule has 0 aliphatic heterocycles. The molecule has 1 aromatic heterocycles. The van der Waals surface area contributed by atoms with E-state index >= 15 is 0 Å². The van der Waals surface area contributed by atoms with Crippen molar-refractivity contribution in [2.24, 2.45) is 0 Å². The third kappa shape index (κ3) is 1.35. The fourth-order valence-electron chi connectivity index (χ4n) is 1.10. The second kappa shape index (κ2) is 3.18. The minimum Gasteiger partial charge on any atom is -0.167 e. The molecule has 0 fully saturated rings. The van der Waals surface area contributed by atoms with Crippen molar-refractivity contribution in [3.05, 3.63) is 60.9 Å². The maximum absolute atomic E-state index is 3.15. The Balaban J connectivity index is 2.46. The fourth-order valence-corrected chi connectivity index (χ4v) is 1.10. The van der Waals surface area contributed by atoms with E-state index in [1.807, 2.05) is 59.4 Å². The van der Waals surface area contributed by atoms with Gasteiger partial charge in [-0.15, -0.1) is 0 Å². The number of hydrogen-bond donors (Lipinski definition) is 0. The van der Waals surface area contributed by atoms with Gasteiger partial charge in [0.2, 0.25) is 5.69 Å². The Morgan fingerprint density at radius 1 is 0.917 bits per heavy atom.